The second kappa shape index (κ2) is 6.10. The fourth-order valence-electron chi connectivity index (χ4n) is 1.96. The Morgan fingerprint density at radius 3 is 2.75 bits per heavy atom. The molecule has 0 saturated heterocycles. The molecule has 1 atom stereocenters. The van der Waals surface area contributed by atoms with E-state index in [1.54, 1.807) is 31.2 Å². The molecule has 0 aliphatic heterocycles. The summed E-state index contributed by atoms with van der Waals surface area (Å²) in [7, 11) is 0. The summed E-state index contributed by atoms with van der Waals surface area (Å²) in [6.07, 6.45) is 0. The molecule has 1 aromatic carbocycles. The number of benzene rings is 1. The molecular formula is C15H15ClN2O2. The van der Waals surface area contributed by atoms with Crippen LogP contribution in [-0.2, 0) is 12.1 Å². The topological polar surface area (TPSA) is 69.2 Å². The highest BCUT2D eigenvalue weighted by molar-refractivity contribution is 6.31. The van der Waals surface area contributed by atoms with Crippen LogP contribution in [0.5, 0.6) is 0 Å². The maximum absolute atomic E-state index is 10.5. The number of halogens is 1. The van der Waals surface area contributed by atoms with E-state index in [0.29, 0.717) is 29.4 Å². The lowest BCUT2D eigenvalue weighted by Gasteiger charge is -2.25. The highest BCUT2D eigenvalue weighted by Gasteiger charge is 2.24. The Balaban J connectivity index is 1.96. The molecule has 2 aromatic rings. The average Bonchev–Trinajstić information content (AvgIpc) is 2.87. The van der Waals surface area contributed by atoms with Gasteiger partial charge in [-0.05, 0) is 25.1 Å². The van der Waals surface area contributed by atoms with Gasteiger partial charge < -0.3 is 14.8 Å². The van der Waals surface area contributed by atoms with Crippen molar-refractivity contribution < 1.29 is 9.52 Å². The molecule has 0 bridgehead atoms. The minimum Gasteiger partial charge on any atom is -0.449 e. The van der Waals surface area contributed by atoms with Crippen molar-refractivity contribution in [3.63, 3.8) is 0 Å². The number of hydrogen-bond donors (Lipinski definition) is 2. The van der Waals surface area contributed by atoms with Crippen LogP contribution in [0, 0.1) is 11.3 Å². The molecule has 0 aliphatic carbocycles. The van der Waals surface area contributed by atoms with Crippen LogP contribution in [0.25, 0.3) is 0 Å². The molecule has 4 nitrogen and oxygen atoms in total. The summed E-state index contributed by atoms with van der Waals surface area (Å²) in [5.74, 6) is 0.927. The van der Waals surface area contributed by atoms with Gasteiger partial charge in [-0.25, -0.2) is 0 Å². The van der Waals surface area contributed by atoms with Crippen molar-refractivity contribution in [2.24, 2.45) is 0 Å². The van der Waals surface area contributed by atoms with E-state index in [9.17, 15) is 5.11 Å². The number of nitriles is 1. The van der Waals surface area contributed by atoms with Gasteiger partial charge in [-0.2, -0.15) is 5.26 Å². The van der Waals surface area contributed by atoms with Crippen molar-refractivity contribution in [1.82, 2.24) is 5.32 Å². The highest BCUT2D eigenvalue weighted by Crippen LogP contribution is 2.27. The molecule has 5 heteroatoms. The molecule has 1 aromatic heterocycles. The zero-order valence-electron chi connectivity index (χ0n) is 11.1. The van der Waals surface area contributed by atoms with Crippen LogP contribution in [-0.4, -0.2) is 11.7 Å². The largest absolute Gasteiger partial charge is 0.449 e. The molecule has 20 heavy (non-hydrogen) atoms. The SMILES string of the molecule is C[C@](O)(CNCc1ccc(C#N)o1)c1ccccc1Cl. The van der Waals surface area contributed by atoms with Gasteiger partial charge >= 0.3 is 0 Å². The fraction of sp³-hybridized carbons (Fsp3) is 0.267. The van der Waals surface area contributed by atoms with E-state index in [0.717, 1.165) is 0 Å². The average molecular weight is 291 g/mol. The number of aliphatic hydroxyl groups is 1. The highest BCUT2D eigenvalue weighted by atomic mass is 35.5. The number of nitrogens with zero attached hydrogens (tertiary/aromatic N) is 1. The lowest BCUT2D eigenvalue weighted by atomic mass is 9.96. The van der Waals surface area contributed by atoms with Crippen LogP contribution < -0.4 is 5.32 Å². The van der Waals surface area contributed by atoms with E-state index in [1.807, 2.05) is 18.2 Å². The summed E-state index contributed by atoms with van der Waals surface area (Å²) in [6.45, 7) is 2.45. The molecule has 0 spiro atoms. The van der Waals surface area contributed by atoms with Crippen molar-refractivity contribution in [1.29, 1.82) is 5.26 Å². The third-order valence-corrected chi connectivity index (χ3v) is 3.32. The Morgan fingerprint density at radius 1 is 1.35 bits per heavy atom. The summed E-state index contributed by atoms with van der Waals surface area (Å²) >= 11 is 6.08. The lowest BCUT2D eigenvalue weighted by molar-refractivity contribution is 0.0563. The van der Waals surface area contributed by atoms with E-state index < -0.39 is 5.60 Å². The van der Waals surface area contributed by atoms with Gasteiger partial charge in [-0.3, -0.25) is 0 Å². The van der Waals surface area contributed by atoms with Gasteiger partial charge in [0.2, 0.25) is 5.76 Å². The number of nitrogens with one attached hydrogen (secondary N) is 1. The second-order valence-corrected chi connectivity index (χ2v) is 5.14. The van der Waals surface area contributed by atoms with Crippen LogP contribution >= 0.6 is 11.6 Å². The summed E-state index contributed by atoms with van der Waals surface area (Å²) in [4.78, 5) is 0. The van der Waals surface area contributed by atoms with Gasteiger partial charge in [0.05, 0.1) is 6.54 Å². The summed E-state index contributed by atoms with van der Waals surface area (Å²) in [5, 5.41) is 22.8. The lowest BCUT2D eigenvalue weighted by Crippen LogP contribution is -2.35. The second-order valence-electron chi connectivity index (χ2n) is 4.74. The van der Waals surface area contributed by atoms with Gasteiger partial charge in [-0.15, -0.1) is 0 Å². The molecule has 0 aliphatic rings. The maximum Gasteiger partial charge on any atom is 0.203 e. The number of furan rings is 1. The third kappa shape index (κ3) is 3.40. The normalized spacial score (nSPS) is 13.7. The molecule has 0 saturated carbocycles. The van der Waals surface area contributed by atoms with Gasteiger partial charge in [-0.1, -0.05) is 29.8 Å². The van der Waals surface area contributed by atoms with E-state index in [4.69, 9.17) is 21.3 Å². The molecule has 0 fully saturated rings. The van der Waals surface area contributed by atoms with Gasteiger partial charge in [0, 0.05) is 17.1 Å². The number of rotatable bonds is 5. The van der Waals surface area contributed by atoms with Crippen LogP contribution in [0.2, 0.25) is 5.02 Å². The summed E-state index contributed by atoms with van der Waals surface area (Å²) in [6, 6.07) is 12.5. The smallest absolute Gasteiger partial charge is 0.203 e. The zero-order chi connectivity index (χ0) is 14.6. The Morgan fingerprint density at radius 2 is 2.10 bits per heavy atom. The predicted octanol–water partition coefficient (Wildman–Crippen LogP) is 2.80. The Bertz CT molecular complexity index is 629. The Hall–Kier alpha value is -1.80. The fourth-order valence-corrected chi connectivity index (χ4v) is 2.29. The quantitative estimate of drug-likeness (QED) is 0.888. The third-order valence-electron chi connectivity index (χ3n) is 2.99. The summed E-state index contributed by atoms with van der Waals surface area (Å²) < 4.78 is 5.25. The van der Waals surface area contributed by atoms with Crippen molar-refractivity contribution in [2.45, 2.75) is 19.1 Å². The minimum absolute atomic E-state index is 0.277. The van der Waals surface area contributed by atoms with Crippen molar-refractivity contribution in [3.05, 3.63) is 58.5 Å². The minimum atomic E-state index is -1.08. The molecule has 104 valence electrons. The molecule has 0 amide bonds. The van der Waals surface area contributed by atoms with Crippen LogP contribution in [0.4, 0.5) is 0 Å². The van der Waals surface area contributed by atoms with Crippen molar-refractivity contribution in [2.75, 3.05) is 6.54 Å². The predicted molar refractivity (Wildman–Crippen MR) is 76.2 cm³/mol. The first-order chi connectivity index (χ1) is 9.53. The Labute approximate surface area is 122 Å². The van der Waals surface area contributed by atoms with Crippen molar-refractivity contribution >= 4 is 11.6 Å². The maximum atomic E-state index is 10.5. The van der Waals surface area contributed by atoms with E-state index in [1.165, 1.54) is 0 Å². The van der Waals surface area contributed by atoms with Crippen LogP contribution in [0.3, 0.4) is 0 Å². The monoisotopic (exact) mass is 290 g/mol. The van der Waals surface area contributed by atoms with Gasteiger partial charge in [0.15, 0.2) is 0 Å². The molecule has 0 unspecified atom stereocenters. The first-order valence-corrected chi connectivity index (χ1v) is 6.57. The Kier molecular flexibility index (Phi) is 4.46. The first kappa shape index (κ1) is 14.6. The first-order valence-electron chi connectivity index (χ1n) is 6.20. The van der Waals surface area contributed by atoms with Crippen LogP contribution in [0.1, 0.15) is 24.0 Å². The molecule has 2 rings (SSSR count). The van der Waals surface area contributed by atoms with E-state index >= 15 is 0 Å². The molecule has 2 N–H and O–H groups in total. The molecular weight excluding hydrogens is 276 g/mol. The number of hydrogen-bond acceptors (Lipinski definition) is 4. The van der Waals surface area contributed by atoms with E-state index in [-0.39, 0.29) is 5.76 Å². The van der Waals surface area contributed by atoms with Gasteiger partial charge in [0.25, 0.3) is 0 Å². The van der Waals surface area contributed by atoms with Crippen molar-refractivity contribution in [3.8, 4) is 6.07 Å². The van der Waals surface area contributed by atoms with Crippen LogP contribution in [0.15, 0.2) is 40.8 Å². The zero-order valence-corrected chi connectivity index (χ0v) is 11.8. The molecule has 1 heterocycles. The standard InChI is InChI=1S/C15H15ClN2O2/c1-15(19,13-4-2-3-5-14(13)16)10-18-9-12-7-6-11(8-17)20-12/h2-7,18-19H,9-10H2,1H3/t15-/m0/s1. The summed E-state index contributed by atoms with van der Waals surface area (Å²) in [5.41, 5.74) is -0.408. The van der Waals surface area contributed by atoms with Gasteiger partial charge in [0.1, 0.15) is 17.4 Å². The van der Waals surface area contributed by atoms with E-state index in [2.05, 4.69) is 5.32 Å². The molecule has 0 radical (unpaired) electrons.